The second-order valence-corrected chi connectivity index (χ2v) is 4.48. The molecule has 2 rings (SSSR count). The second-order valence-electron chi connectivity index (χ2n) is 4.48. The first-order chi connectivity index (χ1) is 9.18. The minimum absolute atomic E-state index is 0.275. The third-order valence-electron chi connectivity index (χ3n) is 3.27. The van der Waals surface area contributed by atoms with E-state index in [-0.39, 0.29) is 6.61 Å². The zero-order valence-electron chi connectivity index (χ0n) is 11.3. The number of ether oxygens (including phenoxy) is 1. The molecule has 2 N–H and O–H groups in total. The van der Waals surface area contributed by atoms with Crippen molar-refractivity contribution in [3.05, 3.63) is 42.0 Å². The Labute approximate surface area is 112 Å². The molecule has 0 unspecified atom stereocenters. The summed E-state index contributed by atoms with van der Waals surface area (Å²) in [5.74, 6) is 1.76. The van der Waals surface area contributed by atoms with Gasteiger partial charge in [-0.2, -0.15) is 4.98 Å². The summed E-state index contributed by atoms with van der Waals surface area (Å²) in [5, 5.41) is 3.90. The summed E-state index contributed by atoms with van der Waals surface area (Å²) in [7, 11) is 0. The second kappa shape index (κ2) is 5.84. The average Bonchev–Trinajstić information content (AvgIpc) is 2.95. The molecule has 5 nitrogen and oxygen atoms in total. The monoisotopic (exact) mass is 261 g/mol. The van der Waals surface area contributed by atoms with Crippen LogP contribution >= 0.6 is 0 Å². The van der Waals surface area contributed by atoms with Crippen LogP contribution in [0.15, 0.2) is 34.9 Å². The summed E-state index contributed by atoms with van der Waals surface area (Å²) >= 11 is 0. The van der Waals surface area contributed by atoms with Gasteiger partial charge in [0, 0.05) is 0 Å². The largest absolute Gasteiger partial charge is 0.485 e. The Morgan fingerprint density at radius 3 is 2.53 bits per heavy atom. The fourth-order valence-electron chi connectivity index (χ4n) is 1.73. The van der Waals surface area contributed by atoms with Gasteiger partial charge in [-0.15, -0.1) is 0 Å². The number of rotatable bonds is 6. The fraction of sp³-hybridized carbons (Fsp3) is 0.429. The van der Waals surface area contributed by atoms with E-state index in [1.807, 2.05) is 44.2 Å². The number of hydrogen-bond donors (Lipinski definition) is 1. The lowest BCUT2D eigenvalue weighted by molar-refractivity contribution is 0.259. The number of nitrogens with two attached hydrogens (primary N) is 1. The zero-order chi connectivity index (χ0) is 13.7. The van der Waals surface area contributed by atoms with Crippen LogP contribution in [0.4, 0.5) is 0 Å². The summed E-state index contributed by atoms with van der Waals surface area (Å²) in [4.78, 5) is 4.31. The quantitative estimate of drug-likeness (QED) is 0.865. The van der Waals surface area contributed by atoms with Crippen LogP contribution < -0.4 is 10.5 Å². The van der Waals surface area contributed by atoms with Gasteiger partial charge >= 0.3 is 0 Å². The van der Waals surface area contributed by atoms with Crippen LogP contribution in [0.25, 0.3) is 0 Å². The SMILES string of the molecule is CCC(N)(CC)c1nc(COc2ccccc2)no1. The molecule has 0 fully saturated rings. The highest BCUT2D eigenvalue weighted by molar-refractivity contribution is 5.21. The third kappa shape index (κ3) is 3.12. The highest BCUT2D eigenvalue weighted by Gasteiger charge is 2.29. The van der Waals surface area contributed by atoms with Crippen molar-refractivity contribution in [3.8, 4) is 5.75 Å². The van der Waals surface area contributed by atoms with Crippen LogP contribution in [0.3, 0.4) is 0 Å². The van der Waals surface area contributed by atoms with Gasteiger partial charge in [0.2, 0.25) is 11.7 Å². The van der Waals surface area contributed by atoms with Crippen molar-refractivity contribution in [3.63, 3.8) is 0 Å². The van der Waals surface area contributed by atoms with Crippen LogP contribution in [-0.4, -0.2) is 10.1 Å². The normalized spacial score (nSPS) is 11.5. The van der Waals surface area contributed by atoms with E-state index in [1.165, 1.54) is 0 Å². The molecule has 0 aliphatic carbocycles. The van der Waals surface area contributed by atoms with Gasteiger partial charge in [-0.25, -0.2) is 0 Å². The van der Waals surface area contributed by atoms with Crippen molar-refractivity contribution in [2.75, 3.05) is 0 Å². The van der Waals surface area contributed by atoms with E-state index < -0.39 is 5.54 Å². The molecule has 19 heavy (non-hydrogen) atoms. The Hall–Kier alpha value is -1.88. The van der Waals surface area contributed by atoms with E-state index in [2.05, 4.69) is 10.1 Å². The Balaban J connectivity index is 2.02. The first kappa shape index (κ1) is 13.5. The van der Waals surface area contributed by atoms with E-state index >= 15 is 0 Å². The summed E-state index contributed by atoms with van der Waals surface area (Å²) < 4.78 is 10.8. The molecule has 5 heteroatoms. The van der Waals surface area contributed by atoms with Crippen molar-refractivity contribution < 1.29 is 9.26 Å². The van der Waals surface area contributed by atoms with E-state index in [9.17, 15) is 0 Å². The predicted octanol–water partition coefficient (Wildman–Crippen LogP) is 2.62. The molecular formula is C14H19N3O2. The number of benzene rings is 1. The van der Waals surface area contributed by atoms with Crippen molar-refractivity contribution >= 4 is 0 Å². The highest BCUT2D eigenvalue weighted by atomic mass is 16.5. The Morgan fingerprint density at radius 1 is 1.21 bits per heavy atom. The third-order valence-corrected chi connectivity index (χ3v) is 3.27. The van der Waals surface area contributed by atoms with Crippen molar-refractivity contribution in [1.82, 2.24) is 10.1 Å². The number of nitrogens with zero attached hydrogens (tertiary/aromatic N) is 2. The van der Waals surface area contributed by atoms with Crippen LogP contribution in [0.5, 0.6) is 5.75 Å². The van der Waals surface area contributed by atoms with Crippen LogP contribution in [-0.2, 0) is 12.1 Å². The molecule has 102 valence electrons. The topological polar surface area (TPSA) is 74.2 Å². The van der Waals surface area contributed by atoms with E-state index in [1.54, 1.807) is 0 Å². The average molecular weight is 261 g/mol. The van der Waals surface area contributed by atoms with Gasteiger partial charge in [0.25, 0.3) is 0 Å². The van der Waals surface area contributed by atoms with Gasteiger partial charge in [0.05, 0.1) is 5.54 Å². The summed E-state index contributed by atoms with van der Waals surface area (Å²) in [6, 6.07) is 9.52. The highest BCUT2D eigenvalue weighted by Crippen LogP contribution is 2.24. The van der Waals surface area contributed by atoms with Gasteiger partial charge in [-0.05, 0) is 25.0 Å². The molecule has 0 radical (unpaired) electrons. The summed E-state index contributed by atoms with van der Waals surface area (Å²) in [6.07, 6.45) is 1.51. The molecule has 2 aromatic rings. The molecule has 0 bridgehead atoms. The first-order valence-corrected chi connectivity index (χ1v) is 6.47. The van der Waals surface area contributed by atoms with Crippen LogP contribution in [0, 0.1) is 0 Å². The standard InChI is InChI=1S/C14H19N3O2/c1-3-14(15,4-2)13-16-12(17-19-13)10-18-11-8-6-5-7-9-11/h5-9H,3-4,10,15H2,1-2H3. The first-order valence-electron chi connectivity index (χ1n) is 6.47. The Bertz CT molecular complexity index is 506. The van der Waals surface area contributed by atoms with Gasteiger partial charge in [-0.3, -0.25) is 0 Å². The maximum Gasteiger partial charge on any atom is 0.246 e. The van der Waals surface area contributed by atoms with Crippen molar-refractivity contribution in [2.24, 2.45) is 5.73 Å². The summed E-state index contributed by atoms with van der Waals surface area (Å²) in [6.45, 7) is 4.29. The van der Waals surface area contributed by atoms with Gasteiger partial charge in [-0.1, -0.05) is 37.2 Å². The van der Waals surface area contributed by atoms with Gasteiger partial charge < -0.3 is 15.0 Å². The fourth-order valence-corrected chi connectivity index (χ4v) is 1.73. The predicted molar refractivity (Wildman–Crippen MR) is 71.5 cm³/mol. The van der Waals surface area contributed by atoms with Crippen LogP contribution in [0.2, 0.25) is 0 Å². The molecule has 0 amide bonds. The molecule has 0 aliphatic heterocycles. The minimum Gasteiger partial charge on any atom is -0.485 e. The number of para-hydroxylation sites is 1. The van der Waals surface area contributed by atoms with E-state index in [0.29, 0.717) is 11.7 Å². The molecular weight excluding hydrogens is 242 g/mol. The molecule has 0 saturated carbocycles. The molecule has 0 aliphatic rings. The zero-order valence-corrected chi connectivity index (χ0v) is 11.3. The lowest BCUT2D eigenvalue weighted by Crippen LogP contribution is -2.35. The Kier molecular flexibility index (Phi) is 4.16. The number of aromatic nitrogens is 2. The molecule has 1 aromatic carbocycles. The molecule has 0 spiro atoms. The minimum atomic E-state index is -0.544. The summed E-state index contributed by atoms with van der Waals surface area (Å²) in [5.41, 5.74) is 5.66. The van der Waals surface area contributed by atoms with E-state index in [4.69, 9.17) is 15.0 Å². The number of hydrogen-bond acceptors (Lipinski definition) is 5. The molecule has 0 saturated heterocycles. The smallest absolute Gasteiger partial charge is 0.246 e. The van der Waals surface area contributed by atoms with E-state index in [0.717, 1.165) is 18.6 Å². The molecule has 1 aromatic heterocycles. The van der Waals surface area contributed by atoms with Gasteiger partial charge in [0.1, 0.15) is 5.75 Å². The lowest BCUT2D eigenvalue weighted by atomic mass is 9.94. The Morgan fingerprint density at radius 2 is 1.89 bits per heavy atom. The van der Waals surface area contributed by atoms with Crippen molar-refractivity contribution in [2.45, 2.75) is 38.8 Å². The van der Waals surface area contributed by atoms with Crippen molar-refractivity contribution in [1.29, 1.82) is 0 Å². The maximum absolute atomic E-state index is 6.20. The maximum atomic E-state index is 6.20. The molecule has 1 heterocycles. The van der Waals surface area contributed by atoms with Gasteiger partial charge in [0.15, 0.2) is 6.61 Å². The lowest BCUT2D eigenvalue weighted by Gasteiger charge is -2.20. The molecule has 0 atom stereocenters. The van der Waals surface area contributed by atoms with Crippen LogP contribution in [0.1, 0.15) is 38.4 Å².